The number of oxime groups is 1. The third kappa shape index (κ3) is 1.97. The summed E-state index contributed by atoms with van der Waals surface area (Å²) >= 11 is 0. The lowest BCUT2D eigenvalue weighted by Gasteiger charge is -2.32. The molecular formula is C11H15N5O2. The zero-order chi connectivity index (χ0) is 12.5. The molecule has 18 heavy (non-hydrogen) atoms. The van der Waals surface area contributed by atoms with Gasteiger partial charge in [-0.15, -0.1) is 0 Å². The fourth-order valence-corrected chi connectivity index (χ4v) is 2.47. The normalized spacial score (nSPS) is 27.6. The summed E-state index contributed by atoms with van der Waals surface area (Å²) in [5.74, 6) is 0.779. The van der Waals surface area contributed by atoms with Gasteiger partial charge in [-0.2, -0.15) is 0 Å². The monoisotopic (exact) mass is 249 g/mol. The van der Waals surface area contributed by atoms with Crippen LogP contribution in [0.25, 0.3) is 0 Å². The zero-order valence-corrected chi connectivity index (χ0v) is 9.86. The highest BCUT2D eigenvalue weighted by Gasteiger charge is 2.34. The molecule has 96 valence electrons. The molecule has 2 aliphatic rings. The van der Waals surface area contributed by atoms with E-state index >= 15 is 0 Å². The van der Waals surface area contributed by atoms with Crippen LogP contribution < -0.4 is 10.6 Å². The van der Waals surface area contributed by atoms with E-state index in [1.165, 1.54) is 6.20 Å². The molecule has 0 radical (unpaired) electrons. The third-order valence-corrected chi connectivity index (χ3v) is 3.38. The molecule has 7 nitrogen and oxygen atoms in total. The van der Waals surface area contributed by atoms with Gasteiger partial charge in [0.25, 0.3) is 0 Å². The zero-order valence-electron chi connectivity index (χ0n) is 9.86. The SMILES string of the molecule is NC(=NO)c1cnc(N2CC3CCC(C2)O3)cn1. The van der Waals surface area contributed by atoms with Crippen LogP contribution in [0.15, 0.2) is 17.5 Å². The highest BCUT2D eigenvalue weighted by Crippen LogP contribution is 2.28. The first-order valence-corrected chi connectivity index (χ1v) is 5.96. The molecule has 0 aromatic carbocycles. The van der Waals surface area contributed by atoms with Crippen LogP contribution in [0.5, 0.6) is 0 Å². The standard InChI is InChI=1S/C11H15N5O2/c12-11(15-17)9-3-14-10(4-13-9)16-5-7-1-2-8(6-16)18-7/h3-4,7-8,17H,1-2,5-6H2,(H2,12,15). The summed E-state index contributed by atoms with van der Waals surface area (Å²) in [7, 11) is 0. The molecule has 2 fully saturated rings. The van der Waals surface area contributed by atoms with Crippen molar-refractivity contribution in [2.45, 2.75) is 25.0 Å². The number of fused-ring (bicyclic) bond motifs is 2. The number of rotatable bonds is 2. The van der Waals surface area contributed by atoms with Gasteiger partial charge < -0.3 is 20.6 Å². The van der Waals surface area contributed by atoms with Crippen molar-refractivity contribution in [3.05, 3.63) is 18.1 Å². The van der Waals surface area contributed by atoms with Gasteiger partial charge in [0.2, 0.25) is 0 Å². The summed E-state index contributed by atoms with van der Waals surface area (Å²) in [6, 6.07) is 0. The summed E-state index contributed by atoms with van der Waals surface area (Å²) in [4.78, 5) is 10.6. The van der Waals surface area contributed by atoms with E-state index in [0.29, 0.717) is 17.9 Å². The fraction of sp³-hybridized carbons (Fsp3) is 0.545. The first-order valence-electron chi connectivity index (χ1n) is 5.96. The van der Waals surface area contributed by atoms with E-state index in [-0.39, 0.29) is 5.84 Å². The van der Waals surface area contributed by atoms with Gasteiger partial charge in [0, 0.05) is 13.1 Å². The molecule has 0 spiro atoms. The largest absolute Gasteiger partial charge is 0.409 e. The molecule has 7 heteroatoms. The smallest absolute Gasteiger partial charge is 0.190 e. The number of morpholine rings is 1. The molecule has 0 amide bonds. The minimum atomic E-state index is -0.0314. The Morgan fingerprint density at radius 3 is 2.61 bits per heavy atom. The Kier molecular flexibility index (Phi) is 2.75. The summed E-state index contributed by atoms with van der Waals surface area (Å²) in [6.45, 7) is 1.71. The Labute approximate surface area is 104 Å². The highest BCUT2D eigenvalue weighted by atomic mass is 16.5. The first kappa shape index (κ1) is 11.2. The van der Waals surface area contributed by atoms with Crippen LogP contribution in [0.1, 0.15) is 18.5 Å². The van der Waals surface area contributed by atoms with E-state index in [1.807, 2.05) is 0 Å². The maximum Gasteiger partial charge on any atom is 0.190 e. The van der Waals surface area contributed by atoms with Crippen LogP contribution in [0.2, 0.25) is 0 Å². The summed E-state index contributed by atoms with van der Waals surface area (Å²) < 4.78 is 5.77. The number of anilines is 1. The van der Waals surface area contributed by atoms with E-state index in [2.05, 4.69) is 20.0 Å². The van der Waals surface area contributed by atoms with Crippen LogP contribution in [0.4, 0.5) is 5.82 Å². The molecule has 3 N–H and O–H groups in total. The number of nitrogens with zero attached hydrogens (tertiary/aromatic N) is 4. The molecule has 3 rings (SSSR count). The Balaban J connectivity index is 1.77. The number of hydrogen-bond donors (Lipinski definition) is 2. The van der Waals surface area contributed by atoms with Crippen molar-refractivity contribution in [3.63, 3.8) is 0 Å². The average molecular weight is 249 g/mol. The van der Waals surface area contributed by atoms with Gasteiger partial charge in [0.15, 0.2) is 5.84 Å². The van der Waals surface area contributed by atoms with Gasteiger partial charge in [-0.05, 0) is 12.8 Å². The lowest BCUT2D eigenvalue weighted by atomic mass is 10.2. The Hall–Kier alpha value is -1.89. The topological polar surface area (TPSA) is 96.9 Å². The quantitative estimate of drug-likeness (QED) is 0.330. The predicted octanol–water partition coefficient (Wildman–Crippen LogP) is -0.0613. The number of aromatic nitrogens is 2. The van der Waals surface area contributed by atoms with Crippen molar-refractivity contribution in [1.82, 2.24) is 9.97 Å². The van der Waals surface area contributed by atoms with Crippen molar-refractivity contribution >= 4 is 11.7 Å². The Morgan fingerprint density at radius 1 is 1.33 bits per heavy atom. The van der Waals surface area contributed by atoms with Crippen LogP contribution in [-0.4, -0.2) is 46.3 Å². The molecule has 0 aliphatic carbocycles. The van der Waals surface area contributed by atoms with E-state index in [9.17, 15) is 0 Å². The third-order valence-electron chi connectivity index (χ3n) is 3.38. The number of nitrogens with two attached hydrogens (primary N) is 1. The average Bonchev–Trinajstić information content (AvgIpc) is 2.77. The van der Waals surface area contributed by atoms with Gasteiger partial charge >= 0.3 is 0 Å². The minimum absolute atomic E-state index is 0.0314. The summed E-state index contributed by atoms with van der Waals surface area (Å²) in [6.07, 6.45) is 6.04. The second-order valence-corrected chi connectivity index (χ2v) is 4.61. The minimum Gasteiger partial charge on any atom is -0.409 e. The molecule has 2 aliphatic heterocycles. The first-order chi connectivity index (χ1) is 8.76. The van der Waals surface area contributed by atoms with Crippen LogP contribution in [0, 0.1) is 0 Å². The van der Waals surface area contributed by atoms with Gasteiger partial charge in [0.1, 0.15) is 11.5 Å². The van der Waals surface area contributed by atoms with Crippen molar-refractivity contribution in [2.24, 2.45) is 10.9 Å². The van der Waals surface area contributed by atoms with Crippen LogP contribution in [0.3, 0.4) is 0 Å². The molecule has 1 aromatic rings. The molecule has 2 saturated heterocycles. The Bertz CT molecular complexity index is 449. The second-order valence-electron chi connectivity index (χ2n) is 4.61. The van der Waals surface area contributed by atoms with Gasteiger partial charge in [0.05, 0.1) is 24.6 Å². The van der Waals surface area contributed by atoms with Crippen molar-refractivity contribution in [1.29, 1.82) is 0 Å². The molecule has 2 bridgehead atoms. The van der Waals surface area contributed by atoms with E-state index in [1.54, 1.807) is 6.20 Å². The van der Waals surface area contributed by atoms with Gasteiger partial charge in [-0.25, -0.2) is 9.97 Å². The summed E-state index contributed by atoms with van der Waals surface area (Å²) in [5.41, 5.74) is 5.81. The lowest BCUT2D eigenvalue weighted by molar-refractivity contribution is 0.0302. The predicted molar refractivity (Wildman–Crippen MR) is 64.7 cm³/mol. The Morgan fingerprint density at radius 2 is 2.06 bits per heavy atom. The molecular weight excluding hydrogens is 234 g/mol. The van der Waals surface area contributed by atoms with Gasteiger partial charge in [-0.3, -0.25) is 0 Å². The van der Waals surface area contributed by atoms with Crippen LogP contribution >= 0.6 is 0 Å². The maximum absolute atomic E-state index is 8.55. The lowest BCUT2D eigenvalue weighted by Crippen LogP contribution is -2.43. The van der Waals surface area contributed by atoms with E-state index < -0.39 is 0 Å². The van der Waals surface area contributed by atoms with Crippen molar-refractivity contribution in [3.8, 4) is 0 Å². The summed E-state index contributed by atoms with van der Waals surface area (Å²) in [5, 5.41) is 11.4. The maximum atomic E-state index is 8.55. The molecule has 1 aromatic heterocycles. The number of amidine groups is 1. The van der Waals surface area contributed by atoms with Crippen molar-refractivity contribution in [2.75, 3.05) is 18.0 Å². The van der Waals surface area contributed by atoms with E-state index in [0.717, 1.165) is 31.7 Å². The number of hydrogen-bond acceptors (Lipinski definition) is 6. The van der Waals surface area contributed by atoms with Gasteiger partial charge in [-0.1, -0.05) is 5.16 Å². The molecule has 2 atom stereocenters. The van der Waals surface area contributed by atoms with Crippen LogP contribution in [-0.2, 0) is 4.74 Å². The highest BCUT2D eigenvalue weighted by molar-refractivity contribution is 5.94. The fourth-order valence-electron chi connectivity index (χ4n) is 2.47. The molecule has 2 unspecified atom stereocenters. The van der Waals surface area contributed by atoms with Crippen molar-refractivity contribution < 1.29 is 9.94 Å². The number of ether oxygens (including phenoxy) is 1. The molecule has 0 saturated carbocycles. The van der Waals surface area contributed by atoms with E-state index in [4.69, 9.17) is 15.7 Å². The second kappa shape index (κ2) is 4.41. The molecule has 3 heterocycles.